The van der Waals surface area contributed by atoms with Gasteiger partial charge in [-0.05, 0) is 37.5 Å². The third-order valence-corrected chi connectivity index (χ3v) is 4.42. The SMILES string of the molecule is CCCC[C@@H]1[C@H](C(=O)N(CC)CC)[C@H]1C(C)(C)C. The molecule has 0 bridgehead atoms. The molecule has 0 saturated heterocycles. The lowest BCUT2D eigenvalue weighted by molar-refractivity contribution is -0.133. The summed E-state index contributed by atoms with van der Waals surface area (Å²) in [6.07, 6.45) is 3.73. The van der Waals surface area contributed by atoms with Crippen LogP contribution in [0.3, 0.4) is 0 Å². The highest BCUT2D eigenvalue weighted by molar-refractivity contribution is 5.82. The van der Waals surface area contributed by atoms with Crippen molar-refractivity contribution >= 4 is 5.91 Å². The van der Waals surface area contributed by atoms with Gasteiger partial charge in [-0.15, -0.1) is 0 Å². The molecule has 0 aromatic rings. The Morgan fingerprint density at radius 2 is 1.67 bits per heavy atom. The van der Waals surface area contributed by atoms with Gasteiger partial charge < -0.3 is 4.90 Å². The van der Waals surface area contributed by atoms with Gasteiger partial charge >= 0.3 is 0 Å². The predicted molar refractivity (Wildman–Crippen MR) is 77.4 cm³/mol. The van der Waals surface area contributed by atoms with Gasteiger partial charge in [0, 0.05) is 19.0 Å². The van der Waals surface area contributed by atoms with Crippen LogP contribution in [0.15, 0.2) is 0 Å². The molecule has 0 aliphatic heterocycles. The number of carbonyl (C=O) groups is 1. The van der Waals surface area contributed by atoms with Gasteiger partial charge in [-0.1, -0.05) is 40.5 Å². The minimum absolute atomic E-state index is 0.270. The molecule has 2 heteroatoms. The summed E-state index contributed by atoms with van der Waals surface area (Å²) in [6.45, 7) is 14.9. The van der Waals surface area contributed by atoms with Crippen LogP contribution in [-0.4, -0.2) is 23.9 Å². The number of unbranched alkanes of at least 4 members (excludes halogenated alkanes) is 1. The number of amides is 1. The molecular weight excluding hydrogens is 222 g/mol. The van der Waals surface area contributed by atoms with Crippen LogP contribution in [-0.2, 0) is 4.79 Å². The molecule has 0 spiro atoms. The molecule has 2 nitrogen and oxygen atoms in total. The lowest BCUT2D eigenvalue weighted by Crippen LogP contribution is -2.33. The van der Waals surface area contributed by atoms with Gasteiger partial charge in [0.15, 0.2) is 0 Å². The minimum atomic E-state index is 0.270. The summed E-state index contributed by atoms with van der Waals surface area (Å²) in [7, 11) is 0. The molecule has 0 radical (unpaired) electrons. The lowest BCUT2D eigenvalue weighted by Gasteiger charge is -2.22. The van der Waals surface area contributed by atoms with Crippen LogP contribution in [0.25, 0.3) is 0 Å². The summed E-state index contributed by atoms with van der Waals surface area (Å²) in [6, 6.07) is 0. The van der Waals surface area contributed by atoms with E-state index >= 15 is 0 Å². The van der Waals surface area contributed by atoms with Crippen LogP contribution < -0.4 is 0 Å². The predicted octanol–water partition coefficient (Wildman–Crippen LogP) is 3.95. The second kappa shape index (κ2) is 6.08. The number of carbonyl (C=O) groups excluding carboxylic acids is 1. The Kier molecular flexibility index (Phi) is 5.24. The monoisotopic (exact) mass is 253 g/mol. The van der Waals surface area contributed by atoms with E-state index in [1.807, 2.05) is 4.90 Å². The summed E-state index contributed by atoms with van der Waals surface area (Å²) in [5, 5.41) is 0. The first-order valence-electron chi connectivity index (χ1n) is 7.67. The van der Waals surface area contributed by atoms with Crippen LogP contribution in [0, 0.1) is 23.2 Å². The zero-order valence-corrected chi connectivity index (χ0v) is 13.1. The maximum atomic E-state index is 12.5. The summed E-state index contributed by atoms with van der Waals surface area (Å²) in [5.41, 5.74) is 0.270. The Labute approximate surface area is 113 Å². The molecule has 106 valence electrons. The van der Waals surface area contributed by atoms with Crippen molar-refractivity contribution in [2.45, 2.75) is 60.8 Å². The van der Waals surface area contributed by atoms with Gasteiger partial charge in [0.2, 0.25) is 5.91 Å². The van der Waals surface area contributed by atoms with Crippen LogP contribution in [0.1, 0.15) is 60.8 Å². The van der Waals surface area contributed by atoms with Gasteiger partial charge in [0.25, 0.3) is 0 Å². The molecule has 0 unspecified atom stereocenters. The van der Waals surface area contributed by atoms with Crippen molar-refractivity contribution < 1.29 is 4.79 Å². The van der Waals surface area contributed by atoms with Crippen molar-refractivity contribution in [1.82, 2.24) is 4.90 Å². The fraction of sp³-hybridized carbons (Fsp3) is 0.938. The standard InChI is InChI=1S/C16H31NO/c1-7-10-11-12-13(14(12)16(4,5)6)15(18)17(8-2)9-3/h12-14H,7-11H2,1-6H3/t12-,13+,14+/m1/s1. The maximum absolute atomic E-state index is 12.5. The molecule has 0 aromatic heterocycles. The highest BCUT2D eigenvalue weighted by atomic mass is 16.2. The highest BCUT2D eigenvalue weighted by Crippen LogP contribution is 2.59. The fourth-order valence-electron chi connectivity index (χ4n) is 3.44. The average molecular weight is 253 g/mol. The van der Waals surface area contributed by atoms with Gasteiger partial charge in [0.1, 0.15) is 0 Å². The molecule has 0 N–H and O–H groups in total. The van der Waals surface area contributed by atoms with Crippen molar-refractivity contribution in [3.8, 4) is 0 Å². The van der Waals surface area contributed by atoms with E-state index in [0.717, 1.165) is 13.1 Å². The number of hydrogen-bond acceptors (Lipinski definition) is 1. The van der Waals surface area contributed by atoms with Crippen LogP contribution in [0.4, 0.5) is 0 Å². The van der Waals surface area contributed by atoms with Gasteiger partial charge in [-0.2, -0.15) is 0 Å². The molecule has 0 heterocycles. The normalized spacial score (nSPS) is 27.1. The van der Waals surface area contributed by atoms with Gasteiger partial charge in [-0.25, -0.2) is 0 Å². The summed E-state index contributed by atoms with van der Waals surface area (Å²) >= 11 is 0. The number of rotatable bonds is 6. The van der Waals surface area contributed by atoms with Crippen molar-refractivity contribution in [2.24, 2.45) is 23.2 Å². The van der Waals surface area contributed by atoms with Gasteiger partial charge in [-0.3, -0.25) is 4.79 Å². The van der Waals surface area contributed by atoms with Gasteiger partial charge in [0.05, 0.1) is 0 Å². The quantitative estimate of drug-likeness (QED) is 0.702. The van der Waals surface area contributed by atoms with E-state index < -0.39 is 0 Å². The molecule has 18 heavy (non-hydrogen) atoms. The highest BCUT2D eigenvalue weighted by Gasteiger charge is 2.59. The van der Waals surface area contributed by atoms with E-state index in [2.05, 4.69) is 41.5 Å². The second-order valence-electron chi connectivity index (χ2n) is 6.73. The van der Waals surface area contributed by atoms with E-state index in [4.69, 9.17) is 0 Å². The Balaban J connectivity index is 2.71. The Morgan fingerprint density at radius 3 is 2.06 bits per heavy atom. The lowest BCUT2D eigenvalue weighted by atomic mass is 9.87. The Bertz CT molecular complexity index is 275. The molecule has 1 aliphatic carbocycles. The summed E-state index contributed by atoms with van der Waals surface area (Å²) in [4.78, 5) is 14.5. The third-order valence-electron chi connectivity index (χ3n) is 4.42. The van der Waals surface area contributed by atoms with Crippen molar-refractivity contribution in [3.05, 3.63) is 0 Å². The zero-order valence-electron chi connectivity index (χ0n) is 13.1. The third kappa shape index (κ3) is 3.27. The summed E-state index contributed by atoms with van der Waals surface area (Å²) in [5.74, 6) is 1.94. The molecule has 1 aliphatic rings. The summed E-state index contributed by atoms with van der Waals surface area (Å²) < 4.78 is 0. The van der Waals surface area contributed by atoms with E-state index in [0.29, 0.717) is 23.7 Å². The average Bonchev–Trinajstić information content (AvgIpc) is 3.01. The number of nitrogens with zero attached hydrogens (tertiary/aromatic N) is 1. The zero-order chi connectivity index (χ0) is 13.9. The molecular formula is C16H31NO. The van der Waals surface area contributed by atoms with Crippen LogP contribution in [0.5, 0.6) is 0 Å². The maximum Gasteiger partial charge on any atom is 0.226 e. The first kappa shape index (κ1) is 15.5. The largest absolute Gasteiger partial charge is 0.343 e. The van der Waals surface area contributed by atoms with E-state index in [1.165, 1.54) is 19.3 Å². The molecule has 1 amide bonds. The molecule has 1 rings (SSSR count). The second-order valence-corrected chi connectivity index (χ2v) is 6.73. The number of hydrogen-bond donors (Lipinski definition) is 0. The molecule has 3 atom stereocenters. The van der Waals surface area contributed by atoms with E-state index in [-0.39, 0.29) is 5.41 Å². The Morgan fingerprint density at radius 1 is 1.11 bits per heavy atom. The van der Waals surface area contributed by atoms with E-state index in [9.17, 15) is 4.79 Å². The van der Waals surface area contributed by atoms with Crippen molar-refractivity contribution in [3.63, 3.8) is 0 Å². The minimum Gasteiger partial charge on any atom is -0.343 e. The molecule has 1 fully saturated rings. The van der Waals surface area contributed by atoms with Crippen LogP contribution >= 0.6 is 0 Å². The Hall–Kier alpha value is -0.530. The van der Waals surface area contributed by atoms with Crippen molar-refractivity contribution in [1.29, 1.82) is 0 Å². The smallest absolute Gasteiger partial charge is 0.226 e. The van der Waals surface area contributed by atoms with Crippen molar-refractivity contribution in [2.75, 3.05) is 13.1 Å². The first-order valence-corrected chi connectivity index (χ1v) is 7.67. The fourth-order valence-corrected chi connectivity index (χ4v) is 3.44. The molecule has 1 saturated carbocycles. The molecule has 0 aromatic carbocycles. The topological polar surface area (TPSA) is 20.3 Å². The first-order chi connectivity index (χ1) is 8.38. The van der Waals surface area contributed by atoms with Crippen LogP contribution in [0.2, 0.25) is 0 Å². The van der Waals surface area contributed by atoms with E-state index in [1.54, 1.807) is 0 Å².